The third-order valence-electron chi connectivity index (χ3n) is 6.46. The number of benzene rings is 2. The van der Waals surface area contributed by atoms with E-state index in [1.54, 1.807) is 6.92 Å². The average Bonchev–Trinajstić information content (AvgIpc) is 3.13. The van der Waals surface area contributed by atoms with Crippen LogP contribution in [0.15, 0.2) is 48.5 Å². The van der Waals surface area contributed by atoms with Gasteiger partial charge in [0.2, 0.25) is 5.91 Å². The van der Waals surface area contributed by atoms with E-state index in [9.17, 15) is 14.4 Å². The Labute approximate surface area is 200 Å². The number of carbonyl (C=O) groups is 3. The van der Waals surface area contributed by atoms with E-state index in [2.05, 4.69) is 34.9 Å². The largest absolute Gasteiger partial charge is 0.481 e. The summed E-state index contributed by atoms with van der Waals surface area (Å²) in [7, 11) is 0. The van der Waals surface area contributed by atoms with Gasteiger partial charge in [0.05, 0.1) is 5.92 Å². The molecule has 0 spiro atoms. The molecular formula is C27H34N2O5. The van der Waals surface area contributed by atoms with Gasteiger partial charge in [0.1, 0.15) is 6.61 Å². The SMILES string of the molecule is CC(CNC(=O)OCC1c2ccccc2-c2ccccc21)C(=O)NCCC(C)(C)CCC(=O)O. The summed E-state index contributed by atoms with van der Waals surface area (Å²) in [5, 5.41) is 14.4. The van der Waals surface area contributed by atoms with E-state index in [1.165, 1.54) is 11.1 Å². The molecule has 1 unspecified atom stereocenters. The van der Waals surface area contributed by atoms with Crippen LogP contribution in [0.5, 0.6) is 0 Å². The number of hydrogen-bond acceptors (Lipinski definition) is 4. The molecule has 0 heterocycles. The van der Waals surface area contributed by atoms with Crippen LogP contribution >= 0.6 is 0 Å². The Hall–Kier alpha value is -3.35. The van der Waals surface area contributed by atoms with Crippen LogP contribution in [0.3, 0.4) is 0 Å². The summed E-state index contributed by atoms with van der Waals surface area (Å²) in [5.74, 6) is -1.40. The minimum atomic E-state index is -0.815. The lowest BCUT2D eigenvalue weighted by Gasteiger charge is -2.24. The van der Waals surface area contributed by atoms with Gasteiger partial charge in [-0.3, -0.25) is 9.59 Å². The molecule has 2 amide bonds. The van der Waals surface area contributed by atoms with Crippen molar-refractivity contribution >= 4 is 18.0 Å². The van der Waals surface area contributed by atoms with Gasteiger partial charge in [-0.15, -0.1) is 0 Å². The van der Waals surface area contributed by atoms with Crippen LogP contribution in [0.4, 0.5) is 4.79 Å². The number of carboxylic acids is 1. The molecule has 182 valence electrons. The first kappa shape index (κ1) is 25.3. The Morgan fingerprint density at radius 2 is 1.56 bits per heavy atom. The van der Waals surface area contributed by atoms with E-state index in [0.717, 1.165) is 11.1 Å². The quantitative estimate of drug-likeness (QED) is 0.450. The van der Waals surface area contributed by atoms with Crippen molar-refractivity contribution in [1.29, 1.82) is 0 Å². The molecule has 7 heteroatoms. The summed E-state index contributed by atoms with van der Waals surface area (Å²) in [4.78, 5) is 35.4. The number of amides is 2. The van der Waals surface area contributed by atoms with E-state index in [1.807, 2.05) is 38.1 Å². The van der Waals surface area contributed by atoms with Gasteiger partial charge in [-0.2, -0.15) is 0 Å². The lowest BCUT2D eigenvalue weighted by atomic mass is 9.84. The number of fused-ring (bicyclic) bond motifs is 3. The Morgan fingerprint density at radius 1 is 0.971 bits per heavy atom. The lowest BCUT2D eigenvalue weighted by molar-refractivity contribution is -0.137. The maximum atomic E-state index is 12.4. The highest BCUT2D eigenvalue weighted by Crippen LogP contribution is 2.44. The van der Waals surface area contributed by atoms with Gasteiger partial charge in [0, 0.05) is 25.4 Å². The minimum Gasteiger partial charge on any atom is -0.481 e. The number of nitrogens with one attached hydrogen (secondary N) is 2. The number of hydrogen-bond donors (Lipinski definition) is 3. The van der Waals surface area contributed by atoms with Gasteiger partial charge in [0.15, 0.2) is 0 Å². The molecule has 0 aromatic heterocycles. The Kier molecular flexibility index (Phi) is 8.31. The molecule has 1 aliphatic carbocycles. The van der Waals surface area contributed by atoms with Gasteiger partial charge in [0.25, 0.3) is 0 Å². The van der Waals surface area contributed by atoms with Crippen LogP contribution in [0.2, 0.25) is 0 Å². The van der Waals surface area contributed by atoms with Crippen molar-refractivity contribution in [1.82, 2.24) is 10.6 Å². The molecule has 0 bridgehead atoms. The van der Waals surface area contributed by atoms with Gasteiger partial charge in [-0.25, -0.2) is 4.79 Å². The summed E-state index contributed by atoms with van der Waals surface area (Å²) in [6.07, 6.45) is 0.799. The number of carboxylic acid groups (broad SMARTS) is 1. The molecule has 0 saturated carbocycles. The first-order chi connectivity index (χ1) is 16.2. The molecule has 0 saturated heterocycles. The topological polar surface area (TPSA) is 105 Å². The van der Waals surface area contributed by atoms with Crippen molar-refractivity contribution in [2.45, 2.75) is 46.0 Å². The smallest absolute Gasteiger partial charge is 0.407 e. The van der Waals surface area contributed by atoms with Crippen LogP contribution in [-0.2, 0) is 14.3 Å². The third kappa shape index (κ3) is 6.59. The van der Waals surface area contributed by atoms with Crippen molar-refractivity contribution in [2.75, 3.05) is 19.7 Å². The fraction of sp³-hybridized carbons (Fsp3) is 0.444. The molecule has 2 aromatic carbocycles. The van der Waals surface area contributed by atoms with Crippen molar-refractivity contribution in [2.24, 2.45) is 11.3 Å². The molecule has 0 fully saturated rings. The zero-order chi connectivity index (χ0) is 24.7. The van der Waals surface area contributed by atoms with E-state index in [4.69, 9.17) is 9.84 Å². The molecule has 0 aliphatic heterocycles. The number of alkyl carbamates (subject to hydrolysis) is 1. The summed E-state index contributed by atoms with van der Waals surface area (Å²) < 4.78 is 5.51. The normalized spacial score (nSPS) is 13.5. The molecule has 0 radical (unpaired) electrons. The molecule has 7 nitrogen and oxygen atoms in total. The van der Waals surface area contributed by atoms with Gasteiger partial charge in [-0.05, 0) is 40.5 Å². The van der Waals surface area contributed by atoms with Gasteiger partial charge < -0.3 is 20.5 Å². The predicted molar refractivity (Wildman–Crippen MR) is 131 cm³/mol. The molecule has 34 heavy (non-hydrogen) atoms. The van der Waals surface area contributed by atoms with Crippen LogP contribution < -0.4 is 10.6 Å². The highest BCUT2D eigenvalue weighted by molar-refractivity contribution is 5.80. The second-order valence-electron chi connectivity index (χ2n) is 9.71. The van der Waals surface area contributed by atoms with Crippen molar-refractivity contribution < 1.29 is 24.2 Å². The number of carbonyl (C=O) groups excluding carboxylic acids is 2. The Morgan fingerprint density at radius 3 is 2.15 bits per heavy atom. The maximum Gasteiger partial charge on any atom is 0.407 e. The average molecular weight is 467 g/mol. The zero-order valence-electron chi connectivity index (χ0n) is 20.1. The first-order valence-corrected chi connectivity index (χ1v) is 11.8. The summed E-state index contributed by atoms with van der Waals surface area (Å²) >= 11 is 0. The fourth-order valence-corrected chi connectivity index (χ4v) is 4.25. The number of ether oxygens (including phenoxy) is 1. The highest BCUT2D eigenvalue weighted by Gasteiger charge is 2.29. The lowest BCUT2D eigenvalue weighted by Crippen LogP contribution is -2.39. The summed E-state index contributed by atoms with van der Waals surface area (Å²) in [6, 6.07) is 16.3. The van der Waals surface area contributed by atoms with Crippen LogP contribution in [0, 0.1) is 11.3 Å². The molecular weight excluding hydrogens is 432 g/mol. The van der Waals surface area contributed by atoms with Crippen LogP contribution in [0.1, 0.15) is 57.1 Å². The minimum absolute atomic E-state index is 0.0108. The van der Waals surface area contributed by atoms with E-state index >= 15 is 0 Å². The Bertz CT molecular complexity index is 988. The fourth-order valence-electron chi connectivity index (χ4n) is 4.25. The van der Waals surface area contributed by atoms with E-state index in [-0.39, 0.29) is 36.8 Å². The monoisotopic (exact) mass is 466 g/mol. The van der Waals surface area contributed by atoms with Crippen molar-refractivity contribution in [3.05, 3.63) is 59.7 Å². The predicted octanol–water partition coefficient (Wildman–Crippen LogP) is 4.56. The van der Waals surface area contributed by atoms with E-state index < -0.39 is 18.0 Å². The standard InChI is InChI=1S/C27H34N2O5/c1-18(25(32)28-15-14-27(2,3)13-12-24(30)31)16-29-26(33)34-17-23-21-10-6-4-8-19(21)20-9-5-7-11-22(20)23/h4-11,18,23H,12-17H2,1-3H3,(H,28,32)(H,29,33)(H,30,31). The zero-order valence-corrected chi connectivity index (χ0v) is 20.1. The highest BCUT2D eigenvalue weighted by atomic mass is 16.5. The van der Waals surface area contributed by atoms with Crippen molar-refractivity contribution in [3.8, 4) is 11.1 Å². The maximum absolute atomic E-state index is 12.4. The van der Waals surface area contributed by atoms with E-state index in [0.29, 0.717) is 19.4 Å². The third-order valence-corrected chi connectivity index (χ3v) is 6.46. The van der Waals surface area contributed by atoms with Gasteiger partial charge >= 0.3 is 12.1 Å². The second kappa shape index (κ2) is 11.2. The van der Waals surface area contributed by atoms with Gasteiger partial charge in [-0.1, -0.05) is 69.3 Å². The molecule has 1 aliphatic rings. The molecule has 3 rings (SSSR count). The summed E-state index contributed by atoms with van der Waals surface area (Å²) in [6.45, 7) is 6.58. The second-order valence-corrected chi connectivity index (χ2v) is 9.71. The molecule has 3 N–H and O–H groups in total. The number of aliphatic carboxylic acids is 1. The number of rotatable bonds is 11. The van der Waals surface area contributed by atoms with Crippen LogP contribution in [0.25, 0.3) is 11.1 Å². The Balaban J connectivity index is 1.41. The first-order valence-electron chi connectivity index (χ1n) is 11.8. The van der Waals surface area contributed by atoms with Crippen molar-refractivity contribution in [3.63, 3.8) is 0 Å². The summed E-state index contributed by atoms with van der Waals surface area (Å²) in [5.41, 5.74) is 4.46. The molecule has 2 aromatic rings. The van der Waals surface area contributed by atoms with Crippen LogP contribution in [-0.4, -0.2) is 42.8 Å². The molecule has 1 atom stereocenters.